The smallest absolute Gasteiger partial charge is 0.258 e. The van der Waals surface area contributed by atoms with Gasteiger partial charge in [0.15, 0.2) is 0 Å². The molecule has 0 radical (unpaired) electrons. The first-order valence-corrected chi connectivity index (χ1v) is 12.4. The van der Waals surface area contributed by atoms with Crippen molar-refractivity contribution < 1.29 is 28.8 Å². The van der Waals surface area contributed by atoms with Crippen LogP contribution in [0.15, 0.2) is 48.6 Å². The van der Waals surface area contributed by atoms with Crippen LogP contribution < -0.4 is 27.4 Å². The summed E-state index contributed by atoms with van der Waals surface area (Å²) in [5.41, 5.74) is 5.83. The third kappa shape index (κ3) is 11.3. The Hall–Kier alpha value is -3.00. The second-order valence-electron chi connectivity index (χ2n) is 9.28. The number of rotatable bonds is 8. The second kappa shape index (κ2) is 20.0. The van der Waals surface area contributed by atoms with Gasteiger partial charge in [0.2, 0.25) is 11.8 Å². The number of benzene rings is 1. The minimum atomic E-state index is -0.331. The van der Waals surface area contributed by atoms with E-state index in [2.05, 4.69) is 10.9 Å². The molecule has 3 aliphatic rings. The average Bonchev–Trinajstić information content (AvgIpc) is 3.44. The normalized spacial score (nSPS) is 18.5. The van der Waals surface area contributed by atoms with Crippen LogP contribution in [0.2, 0.25) is 0 Å². The van der Waals surface area contributed by atoms with Crippen LogP contribution in [0.25, 0.3) is 0 Å². The van der Waals surface area contributed by atoms with Crippen LogP contribution in [-0.2, 0) is 35.2 Å². The number of nitrogens with zero attached hydrogens (tertiary/aromatic N) is 2. The van der Waals surface area contributed by atoms with E-state index >= 15 is 0 Å². The lowest BCUT2D eigenvalue weighted by atomic mass is 9.81. The van der Waals surface area contributed by atoms with Crippen LogP contribution in [0.3, 0.4) is 0 Å². The highest BCUT2D eigenvalue weighted by molar-refractivity contribution is 6.28. The van der Waals surface area contributed by atoms with Crippen LogP contribution in [0.4, 0.5) is 5.69 Å². The molecule has 1 fully saturated rings. The number of anilines is 1. The van der Waals surface area contributed by atoms with Crippen molar-refractivity contribution in [3.63, 3.8) is 0 Å². The fraction of sp³-hybridized carbons (Fsp3) is 0.385. The quantitative estimate of drug-likeness (QED) is 0.140. The molecule has 2 aliphatic heterocycles. The number of imide groups is 2. The SMILES string of the molecule is Cl.Cl.Cl.Cl.NNC(=O)C1CCC(CN2C(=O)C=CC2=O)CC1.NNC(=O)CCCc1ccc(N2C(=O)C=CC2=O)cc1. The van der Waals surface area contributed by atoms with E-state index in [-0.39, 0.29) is 91.0 Å². The van der Waals surface area contributed by atoms with Crippen LogP contribution in [0.5, 0.6) is 0 Å². The van der Waals surface area contributed by atoms with Crippen molar-refractivity contribution in [1.82, 2.24) is 15.8 Å². The number of carbonyl (C=O) groups is 6. The summed E-state index contributed by atoms with van der Waals surface area (Å²) in [5, 5.41) is 0. The Balaban J connectivity index is 0. The van der Waals surface area contributed by atoms with Gasteiger partial charge < -0.3 is 0 Å². The van der Waals surface area contributed by atoms with Gasteiger partial charge in [0.05, 0.1) is 5.69 Å². The lowest BCUT2D eigenvalue weighted by Crippen LogP contribution is -2.40. The fourth-order valence-electron chi connectivity index (χ4n) is 4.59. The summed E-state index contributed by atoms with van der Waals surface area (Å²) in [7, 11) is 0. The summed E-state index contributed by atoms with van der Waals surface area (Å²) in [6.07, 6.45) is 10.1. The molecule has 2 heterocycles. The Labute approximate surface area is 268 Å². The summed E-state index contributed by atoms with van der Waals surface area (Å²) in [6, 6.07) is 7.13. The third-order valence-electron chi connectivity index (χ3n) is 6.74. The van der Waals surface area contributed by atoms with Gasteiger partial charge in [-0.25, -0.2) is 16.6 Å². The summed E-state index contributed by atoms with van der Waals surface area (Å²) in [5.74, 6) is 8.90. The molecule has 42 heavy (non-hydrogen) atoms. The number of hydrogen-bond acceptors (Lipinski definition) is 8. The molecule has 0 aromatic heterocycles. The van der Waals surface area contributed by atoms with Crippen molar-refractivity contribution in [1.29, 1.82) is 0 Å². The first-order chi connectivity index (χ1) is 18.2. The van der Waals surface area contributed by atoms with Gasteiger partial charge >= 0.3 is 0 Å². The number of halogens is 4. The number of carbonyl (C=O) groups excluding carboxylic acids is 6. The van der Waals surface area contributed by atoms with E-state index in [9.17, 15) is 28.8 Å². The highest BCUT2D eigenvalue weighted by Gasteiger charge is 2.31. The third-order valence-corrected chi connectivity index (χ3v) is 6.74. The highest BCUT2D eigenvalue weighted by Crippen LogP contribution is 2.30. The topological polar surface area (TPSA) is 185 Å². The van der Waals surface area contributed by atoms with Crippen molar-refractivity contribution in [2.24, 2.45) is 23.5 Å². The van der Waals surface area contributed by atoms with Gasteiger partial charge in [-0.3, -0.25) is 44.5 Å². The number of hydrazine groups is 2. The van der Waals surface area contributed by atoms with E-state index in [0.29, 0.717) is 31.0 Å². The Bertz CT molecular complexity index is 1120. The Morgan fingerprint density at radius 3 is 1.71 bits per heavy atom. The Kier molecular flexibility index (Phi) is 19.6. The molecule has 6 N–H and O–H groups in total. The largest absolute Gasteiger partial charge is 0.294 e. The van der Waals surface area contributed by atoms with E-state index in [4.69, 9.17) is 11.7 Å². The Morgan fingerprint density at radius 2 is 1.24 bits per heavy atom. The second-order valence-corrected chi connectivity index (χ2v) is 9.28. The molecule has 4 rings (SSSR count). The Morgan fingerprint density at radius 1 is 0.738 bits per heavy atom. The van der Waals surface area contributed by atoms with Crippen molar-refractivity contribution in [2.75, 3.05) is 11.4 Å². The van der Waals surface area contributed by atoms with Crippen LogP contribution in [0, 0.1) is 11.8 Å². The van der Waals surface area contributed by atoms with Gasteiger partial charge in [0, 0.05) is 43.2 Å². The number of hydrogen-bond donors (Lipinski definition) is 4. The number of aryl methyl sites for hydroxylation is 1. The lowest BCUT2D eigenvalue weighted by molar-refractivity contribution is -0.138. The van der Waals surface area contributed by atoms with Gasteiger partial charge in [-0.05, 0) is 62.1 Å². The molecule has 0 spiro atoms. The molecule has 1 saturated carbocycles. The number of nitrogens with one attached hydrogen (secondary N) is 2. The molecule has 16 heteroatoms. The molecule has 0 saturated heterocycles. The molecule has 12 nitrogen and oxygen atoms in total. The van der Waals surface area contributed by atoms with Crippen molar-refractivity contribution in [3.05, 3.63) is 54.1 Å². The summed E-state index contributed by atoms with van der Waals surface area (Å²) >= 11 is 0. The number of amides is 6. The zero-order valence-corrected chi connectivity index (χ0v) is 25.8. The molecule has 0 bridgehead atoms. The van der Waals surface area contributed by atoms with E-state index in [0.717, 1.165) is 42.6 Å². The molecular formula is C26H36Cl4N6O6. The summed E-state index contributed by atoms with van der Waals surface area (Å²) in [6.45, 7) is 0.460. The average molecular weight is 670 g/mol. The fourth-order valence-corrected chi connectivity index (χ4v) is 4.59. The maximum atomic E-state index is 11.5. The predicted octanol–water partition coefficient (Wildman–Crippen LogP) is 1.82. The van der Waals surface area contributed by atoms with Gasteiger partial charge in [0.25, 0.3) is 23.6 Å². The van der Waals surface area contributed by atoms with Crippen molar-refractivity contribution >= 4 is 90.8 Å². The maximum absolute atomic E-state index is 11.5. The highest BCUT2D eigenvalue weighted by atomic mass is 35.5. The van der Waals surface area contributed by atoms with Crippen molar-refractivity contribution in [3.8, 4) is 0 Å². The molecule has 234 valence electrons. The van der Waals surface area contributed by atoms with Gasteiger partial charge in [-0.1, -0.05) is 12.1 Å². The minimum Gasteiger partial charge on any atom is -0.294 e. The van der Waals surface area contributed by atoms with Crippen molar-refractivity contribution in [2.45, 2.75) is 44.9 Å². The van der Waals surface area contributed by atoms with E-state index < -0.39 is 0 Å². The van der Waals surface area contributed by atoms with Crippen LogP contribution >= 0.6 is 49.6 Å². The van der Waals surface area contributed by atoms with E-state index in [1.807, 2.05) is 12.1 Å². The minimum absolute atomic E-state index is 0. The summed E-state index contributed by atoms with van der Waals surface area (Å²) in [4.78, 5) is 70.6. The van der Waals surface area contributed by atoms with E-state index in [1.54, 1.807) is 12.1 Å². The molecule has 1 aliphatic carbocycles. The predicted molar refractivity (Wildman–Crippen MR) is 166 cm³/mol. The van der Waals surface area contributed by atoms with E-state index in [1.165, 1.54) is 29.2 Å². The number of nitrogens with two attached hydrogens (primary N) is 2. The standard InChI is InChI=1S/C14H15N3O3.C12H17N3O3.4ClH/c15-16-12(18)3-1-2-10-4-6-11(7-5-10)17-13(19)8-9-14(17)20;13-14-12(18)9-3-1-8(2-4-9)7-15-10(16)5-6-11(15)17;;;;/h4-9H,1-3,15H2,(H,16,18);5-6,8-9H,1-4,7,13H2,(H,14,18);4*1H. The lowest BCUT2D eigenvalue weighted by Gasteiger charge is -2.29. The van der Waals surface area contributed by atoms with Gasteiger partial charge in [-0.2, -0.15) is 0 Å². The van der Waals surface area contributed by atoms with Gasteiger partial charge in [-0.15, -0.1) is 49.6 Å². The summed E-state index contributed by atoms with van der Waals surface area (Å²) < 4.78 is 0. The molecule has 0 atom stereocenters. The molecule has 1 aromatic carbocycles. The van der Waals surface area contributed by atoms with Gasteiger partial charge in [0.1, 0.15) is 0 Å². The zero-order chi connectivity index (χ0) is 27.7. The molecule has 6 amide bonds. The molecular weight excluding hydrogens is 634 g/mol. The van der Waals surface area contributed by atoms with Crippen LogP contribution in [-0.4, -0.2) is 46.9 Å². The zero-order valence-electron chi connectivity index (χ0n) is 22.6. The van der Waals surface area contributed by atoms with Crippen LogP contribution in [0.1, 0.15) is 44.1 Å². The monoisotopic (exact) mass is 668 g/mol. The first-order valence-electron chi connectivity index (χ1n) is 12.4. The maximum Gasteiger partial charge on any atom is 0.258 e. The molecule has 0 unspecified atom stereocenters. The first kappa shape index (κ1) is 41.1. The molecule has 1 aromatic rings.